The van der Waals surface area contributed by atoms with E-state index in [0.29, 0.717) is 5.02 Å². The fourth-order valence-corrected chi connectivity index (χ4v) is 3.21. The number of aryl methyl sites for hydroxylation is 1. The third-order valence-corrected chi connectivity index (χ3v) is 4.59. The van der Waals surface area contributed by atoms with Crippen LogP contribution in [0.3, 0.4) is 0 Å². The van der Waals surface area contributed by atoms with Crippen LogP contribution in [0.15, 0.2) is 48.0 Å². The van der Waals surface area contributed by atoms with Crippen LogP contribution in [0.25, 0.3) is 27.2 Å². The fraction of sp³-hybridized carbons (Fsp3) is 0.0625. The van der Waals surface area contributed by atoms with E-state index in [2.05, 4.69) is 15.3 Å². The summed E-state index contributed by atoms with van der Waals surface area (Å²) in [5.41, 5.74) is 3.52. The quantitative estimate of drug-likeness (QED) is 0.544. The summed E-state index contributed by atoms with van der Waals surface area (Å²) >= 11 is 7.59. The SMILES string of the molecule is Cc1nnc(-c2cccs2)c2cn(-c3ccc(Cl)cc3)nc12. The second-order valence-electron chi connectivity index (χ2n) is 4.92. The lowest BCUT2D eigenvalue weighted by atomic mass is 10.2. The van der Waals surface area contributed by atoms with Gasteiger partial charge in [-0.2, -0.15) is 10.2 Å². The molecule has 4 nitrogen and oxygen atoms in total. The predicted molar refractivity (Wildman–Crippen MR) is 89.7 cm³/mol. The fourth-order valence-electron chi connectivity index (χ4n) is 2.36. The Hall–Kier alpha value is -2.24. The van der Waals surface area contributed by atoms with Crippen LogP contribution in [0.5, 0.6) is 0 Å². The summed E-state index contributed by atoms with van der Waals surface area (Å²) < 4.78 is 1.84. The van der Waals surface area contributed by atoms with Crippen LogP contribution in [-0.4, -0.2) is 20.0 Å². The molecular weight excluding hydrogens is 316 g/mol. The maximum Gasteiger partial charge on any atom is 0.118 e. The first kappa shape index (κ1) is 13.4. The van der Waals surface area contributed by atoms with Crippen LogP contribution < -0.4 is 0 Å². The van der Waals surface area contributed by atoms with E-state index in [9.17, 15) is 0 Å². The molecule has 0 amide bonds. The first-order chi connectivity index (χ1) is 10.7. The second kappa shape index (κ2) is 5.19. The number of aromatic nitrogens is 4. The zero-order valence-corrected chi connectivity index (χ0v) is 13.3. The van der Waals surface area contributed by atoms with Crippen molar-refractivity contribution in [2.45, 2.75) is 6.92 Å². The van der Waals surface area contributed by atoms with Crippen molar-refractivity contribution >= 4 is 33.8 Å². The van der Waals surface area contributed by atoms with Gasteiger partial charge in [0.25, 0.3) is 0 Å². The van der Waals surface area contributed by atoms with Crippen molar-refractivity contribution in [2.75, 3.05) is 0 Å². The summed E-state index contributed by atoms with van der Waals surface area (Å²) in [6.45, 7) is 1.92. The number of nitrogens with zero attached hydrogens (tertiary/aromatic N) is 4. The lowest BCUT2D eigenvalue weighted by Gasteiger charge is -1.99. The standard InChI is InChI=1S/C16H11ClN4S/c1-10-15-13(16(19-18-10)14-3-2-8-22-14)9-21(20-15)12-6-4-11(17)5-7-12/h2-9H,1H3. The minimum absolute atomic E-state index is 0.708. The van der Waals surface area contributed by atoms with Gasteiger partial charge in [0, 0.05) is 11.2 Å². The molecule has 0 aliphatic heterocycles. The molecule has 0 bridgehead atoms. The van der Waals surface area contributed by atoms with Gasteiger partial charge in [-0.15, -0.1) is 16.4 Å². The summed E-state index contributed by atoms with van der Waals surface area (Å²) in [6, 6.07) is 11.6. The molecule has 0 spiro atoms. The second-order valence-corrected chi connectivity index (χ2v) is 6.31. The van der Waals surface area contributed by atoms with Gasteiger partial charge in [0.05, 0.1) is 21.6 Å². The maximum absolute atomic E-state index is 5.95. The lowest BCUT2D eigenvalue weighted by molar-refractivity contribution is 0.891. The summed E-state index contributed by atoms with van der Waals surface area (Å²) in [5.74, 6) is 0. The topological polar surface area (TPSA) is 43.6 Å². The highest BCUT2D eigenvalue weighted by molar-refractivity contribution is 7.13. The average molecular weight is 327 g/mol. The molecule has 1 aromatic carbocycles. The Balaban J connectivity index is 1.95. The molecule has 0 N–H and O–H groups in total. The largest absolute Gasteiger partial charge is 0.240 e. The van der Waals surface area contributed by atoms with Crippen LogP contribution >= 0.6 is 22.9 Å². The Labute approximate surface area is 136 Å². The molecular formula is C16H11ClN4S. The summed E-state index contributed by atoms with van der Waals surface area (Å²) in [4.78, 5) is 1.09. The van der Waals surface area contributed by atoms with Crippen LogP contribution in [0.2, 0.25) is 5.02 Å². The van der Waals surface area contributed by atoms with E-state index in [1.165, 1.54) is 0 Å². The highest BCUT2D eigenvalue weighted by Crippen LogP contribution is 2.30. The number of thiophene rings is 1. The monoisotopic (exact) mass is 326 g/mol. The molecule has 0 aliphatic rings. The zero-order chi connectivity index (χ0) is 15.1. The molecule has 3 aromatic heterocycles. The highest BCUT2D eigenvalue weighted by Gasteiger charge is 2.14. The molecule has 0 fully saturated rings. The van der Waals surface area contributed by atoms with Crippen molar-refractivity contribution in [1.29, 1.82) is 0 Å². The Kier molecular flexibility index (Phi) is 3.17. The van der Waals surface area contributed by atoms with E-state index in [-0.39, 0.29) is 0 Å². The van der Waals surface area contributed by atoms with Gasteiger partial charge >= 0.3 is 0 Å². The number of rotatable bonds is 2. The molecule has 0 radical (unpaired) electrons. The van der Waals surface area contributed by atoms with Gasteiger partial charge in [-0.05, 0) is 42.6 Å². The molecule has 0 aliphatic carbocycles. The van der Waals surface area contributed by atoms with Crippen LogP contribution in [0.4, 0.5) is 0 Å². The Bertz CT molecular complexity index is 942. The van der Waals surface area contributed by atoms with Crippen molar-refractivity contribution in [3.8, 4) is 16.3 Å². The third-order valence-electron chi connectivity index (χ3n) is 3.46. The lowest BCUT2D eigenvalue weighted by Crippen LogP contribution is -1.94. The van der Waals surface area contributed by atoms with E-state index >= 15 is 0 Å². The first-order valence-electron chi connectivity index (χ1n) is 6.75. The molecule has 4 rings (SSSR count). The van der Waals surface area contributed by atoms with Crippen molar-refractivity contribution in [3.63, 3.8) is 0 Å². The van der Waals surface area contributed by atoms with E-state index in [0.717, 1.165) is 32.9 Å². The minimum atomic E-state index is 0.708. The zero-order valence-electron chi connectivity index (χ0n) is 11.7. The number of halogens is 1. The Morgan fingerprint density at radius 2 is 1.91 bits per heavy atom. The number of fused-ring (bicyclic) bond motifs is 1. The predicted octanol–water partition coefficient (Wildman–Crippen LogP) is 4.51. The van der Waals surface area contributed by atoms with Crippen LogP contribution in [-0.2, 0) is 0 Å². The first-order valence-corrected chi connectivity index (χ1v) is 8.00. The molecule has 0 saturated carbocycles. The summed E-state index contributed by atoms with van der Waals surface area (Å²) in [5, 5.41) is 17.0. The van der Waals surface area contributed by atoms with Gasteiger partial charge in [0.2, 0.25) is 0 Å². The van der Waals surface area contributed by atoms with Gasteiger partial charge in [-0.3, -0.25) is 0 Å². The molecule has 0 saturated heterocycles. The normalized spacial score (nSPS) is 11.2. The molecule has 22 heavy (non-hydrogen) atoms. The van der Waals surface area contributed by atoms with E-state index in [1.807, 2.05) is 59.6 Å². The summed E-state index contributed by atoms with van der Waals surface area (Å²) in [7, 11) is 0. The maximum atomic E-state index is 5.95. The van der Waals surface area contributed by atoms with Crippen LogP contribution in [0, 0.1) is 6.92 Å². The van der Waals surface area contributed by atoms with E-state index in [4.69, 9.17) is 11.6 Å². The van der Waals surface area contributed by atoms with Gasteiger partial charge in [-0.25, -0.2) is 4.68 Å². The number of hydrogen-bond donors (Lipinski definition) is 0. The van der Waals surface area contributed by atoms with Crippen molar-refractivity contribution in [2.24, 2.45) is 0 Å². The average Bonchev–Trinajstić information content (AvgIpc) is 3.18. The smallest absolute Gasteiger partial charge is 0.118 e. The van der Waals surface area contributed by atoms with E-state index in [1.54, 1.807) is 11.3 Å². The molecule has 0 unspecified atom stereocenters. The Morgan fingerprint density at radius 1 is 1.09 bits per heavy atom. The van der Waals surface area contributed by atoms with Gasteiger partial charge in [0.1, 0.15) is 11.2 Å². The van der Waals surface area contributed by atoms with E-state index < -0.39 is 0 Å². The summed E-state index contributed by atoms with van der Waals surface area (Å²) in [6.07, 6.45) is 2.00. The molecule has 4 aromatic rings. The molecule has 108 valence electrons. The number of benzene rings is 1. The highest BCUT2D eigenvalue weighted by atomic mass is 35.5. The molecule has 0 atom stereocenters. The van der Waals surface area contributed by atoms with Crippen molar-refractivity contribution < 1.29 is 0 Å². The number of hydrogen-bond acceptors (Lipinski definition) is 4. The minimum Gasteiger partial charge on any atom is -0.240 e. The van der Waals surface area contributed by atoms with Crippen molar-refractivity contribution in [3.05, 3.63) is 58.7 Å². The van der Waals surface area contributed by atoms with Crippen LogP contribution in [0.1, 0.15) is 5.69 Å². The van der Waals surface area contributed by atoms with Gasteiger partial charge in [-0.1, -0.05) is 17.7 Å². The molecule has 3 heterocycles. The van der Waals surface area contributed by atoms with Gasteiger partial charge in [0.15, 0.2) is 0 Å². The Morgan fingerprint density at radius 3 is 2.64 bits per heavy atom. The van der Waals surface area contributed by atoms with Gasteiger partial charge < -0.3 is 0 Å². The van der Waals surface area contributed by atoms with Crippen molar-refractivity contribution in [1.82, 2.24) is 20.0 Å². The molecule has 6 heteroatoms. The third kappa shape index (κ3) is 2.19.